The van der Waals surface area contributed by atoms with Crippen LogP contribution in [0.3, 0.4) is 0 Å². The predicted molar refractivity (Wildman–Crippen MR) is 130 cm³/mol. The van der Waals surface area contributed by atoms with Crippen LogP contribution in [0.25, 0.3) is 16.9 Å². The first kappa shape index (κ1) is 21.9. The molecule has 0 amide bonds. The van der Waals surface area contributed by atoms with E-state index in [9.17, 15) is 4.79 Å². The van der Waals surface area contributed by atoms with Crippen LogP contribution < -0.4 is 0 Å². The quantitative estimate of drug-likeness (QED) is 0.355. The molecule has 0 aliphatic rings. The molecule has 4 rings (SSSR count). The first-order valence-electron chi connectivity index (χ1n) is 11.1. The average molecular weight is 426 g/mol. The van der Waals surface area contributed by atoms with Gasteiger partial charge in [0.15, 0.2) is 11.4 Å². The summed E-state index contributed by atoms with van der Waals surface area (Å²) >= 11 is 0. The summed E-state index contributed by atoms with van der Waals surface area (Å²) in [6.07, 6.45) is 2.00. The molecule has 4 nitrogen and oxygen atoms in total. The van der Waals surface area contributed by atoms with Crippen LogP contribution in [0.1, 0.15) is 68.7 Å². The lowest BCUT2D eigenvalue weighted by atomic mass is 9.86. The summed E-state index contributed by atoms with van der Waals surface area (Å²) in [6, 6.07) is 20.3. The molecule has 0 spiro atoms. The van der Waals surface area contributed by atoms with Gasteiger partial charge in [0, 0.05) is 17.2 Å². The van der Waals surface area contributed by atoms with Gasteiger partial charge in [0.25, 0.3) is 0 Å². The van der Waals surface area contributed by atoms with Gasteiger partial charge < -0.3 is 0 Å². The minimum atomic E-state index is 0.0631. The number of ketones is 1. The summed E-state index contributed by atoms with van der Waals surface area (Å²) in [6.45, 7) is 13.1. The van der Waals surface area contributed by atoms with E-state index in [-0.39, 0.29) is 23.0 Å². The van der Waals surface area contributed by atoms with Crippen molar-refractivity contribution in [3.63, 3.8) is 0 Å². The van der Waals surface area contributed by atoms with Gasteiger partial charge in [0.2, 0.25) is 0 Å². The van der Waals surface area contributed by atoms with Gasteiger partial charge in [0.1, 0.15) is 0 Å². The number of benzene rings is 2. The van der Waals surface area contributed by atoms with Gasteiger partial charge >= 0.3 is 0 Å². The number of rotatable bonds is 4. The second-order valence-electron chi connectivity index (χ2n) is 10.5. The van der Waals surface area contributed by atoms with Crippen LogP contribution in [0, 0.1) is 0 Å². The molecule has 0 aliphatic heterocycles. The van der Waals surface area contributed by atoms with Crippen LogP contribution >= 0.6 is 0 Å². The number of carbonyl (C=O) groups excluding carboxylic acids is 1. The maximum atomic E-state index is 13.0. The van der Waals surface area contributed by atoms with Crippen LogP contribution in [0.5, 0.6) is 0 Å². The topological polar surface area (TPSA) is 47.3 Å². The minimum absolute atomic E-state index is 0.0631. The van der Waals surface area contributed by atoms with Crippen molar-refractivity contribution < 1.29 is 4.79 Å². The Balaban J connectivity index is 1.65. The van der Waals surface area contributed by atoms with Gasteiger partial charge in [-0.15, -0.1) is 0 Å². The fraction of sp³-hybridized carbons (Fsp3) is 0.321. The molecule has 0 atom stereocenters. The third kappa shape index (κ3) is 4.50. The highest BCUT2D eigenvalue weighted by Crippen LogP contribution is 2.27. The minimum Gasteiger partial charge on any atom is -0.294 e. The summed E-state index contributed by atoms with van der Waals surface area (Å²) in [5.74, 6) is 0.0656. The van der Waals surface area contributed by atoms with Crippen LogP contribution in [0.2, 0.25) is 0 Å². The number of nitrogens with zero attached hydrogens (tertiary/aromatic N) is 3. The van der Waals surface area contributed by atoms with Gasteiger partial charge in [-0.25, -0.2) is 9.50 Å². The highest BCUT2D eigenvalue weighted by atomic mass is 16.1. The third-order valence-electron chi connectivity index (χ3n) is 5.87. The van der Waals surface area contributed by atoms with E-state index < -0.39 is 0 Å². The van der Waals surface area contributed by atoms with Crippen molar-refractivity contribution in [2.75, 3.05) is 0 Å². The first-order chi connectivity index (χ1) is 15.0. The fourth-order valence-electron chi connectivity index (χ4n) is 3.82. The number of Topliss-reactive ketones (excluding diaryl/α,β-unsaturated/α-hetero) is 1. The molecule has 2 aromatic carbocycles. The van der Waals surface area contributed by atoms with Gasteiger partial charge in [0.05, 0.1) is 24.0 Å². The zero-order chi connectivity index (χ0) is 23.1. The molecule has 0 saturated carbocycles. The summed E-state index contributed by atoms with van der Waals surface area (Å²) in [5.41, 5.74) is 6.85. The van der Waals surface area contributed by atoms with E-state index in [2.05, 4.69) is 75.9 Å². The molecular weight excluding hydrogens is 394 g/mol. The summed E-state index contributed by atoms with van der Waals surface area (Å²) in [4.78, 5) is 17.7. The molecule has 2 heterocycles. The standard InChI is InChI=1S/C28H31N3O/c1-27(2,3)21-11-7-19(8-12-21)24-17-23(30-26-15-16-29-31(24)26)18-25(32)20-9-13-22(14-10-20)28(4,5)6/h7-17H,18H2,1-6H3. The molecule has 4 heteroatoms. The van der Waals surface area contributed by atoms with Crippen molar-refractivity contribution in [3.05, 3.63) is 89.2 Å². The summed E-state index contributed by atoms with van der Waals surface area (Å²) in [7, 11) is 0. The SMILES string of the molecule is CC(C)(C)c1ccc(C(=O)Cc2cc(-c3ccc(C(C)(C)C)cc3)n3nccc3n2)cc1. The van der Waals surface area contributed by atoms with Gasteiger partial charge in [-0.1, -0.05) is 90.1 Å². The number of fused-ring (bicyclic) bond motifs is 1. The Morgan fingerprint density at radius 2 is 1.38 bits per heavy atom. The van der Waals surface area contributed by atoms with Crippen LogP contribution in [0.15, 0.2) is 66.9 Å². The Morgan fingerprint density at radius 1 is 0.812 bits per heavy atom. The second kappa shape index (κ2) is 8.01. The molecule has 0 aliphatic carbocycles. The third-order valence-corrected chi connectivity index (χ3v) is 5.87. The molecule has 32 heavy (non-hydrogen) atoms. The van der Waals surface area contributed by atoms with Crippen LogP contribution in [-0.4, -0.2) is 20.4 Å². The monoisotopic (exact) mass is 425 g/mol. The predicted octanol–water partition coefficient (Wildman–Crippen LogP) is 6.42. The molecule has 2 aromatic heterocycles. The average Bonchev–Trinajstić information content (AvgIpc) is 3.21. The summed E-state index contributed by atoms with van der Waals surface area (Å²) < 4.78 is 1.83. The van der Waals surface area contributed by atoms with Crippen molar-refractivity contribution >= 4 is 11.4 Å². The van der Waals surface area contributed by atoms with E-state index in [1.54, 1.807) is 6.20 Å². The second-order valence-corrected chi connectivity index (χ2v) is 10.5. The smallest absolute Gasteiger partial charge is 0.168 e. The van der Waals surface area contributed by atoms with E-state index in [4.69, 9.17) is 0 Å². The molecular formula is C28H31N3O. The molecule has 0 saturated heterocycles. The van der Waals surface area contributed by atoms with Crippen molar-refractivity contribution in [2.45, 2.75) is 58.8 Å². The zero-order valence-corrected chi connectivity index (χ0v) is 19.8. The number of aromatic nitrogens is 3. The highest BCUT2D eigenvalue weighted by Gasteiger charge is 2.17. The van der Waals surface area contributed by atoms with E-state index in [0.717, 1.165) is 22.6 Å². The van der Waals surface area contributed by atoms with Crippen molar-refractivity contribution in [1.82, 2.24) is 14.6 Å². The number of hydrogen-bond donors (Lipinski definition) is 0. The number of hydrogen-bond acceptors (Lipinski definition) is 3. The Hall–Kier alpha value is -3.27. The molecule has 0 bridgehead atoms. The van der Waals surface area contributed by atoms with Crippen molar-refractivity contribution in [1.29, 1.82) is 0 Å². The lowest BCUT2D eigenvalue weighted by Gasteiger charge is -2.19. The molecule has 164 valence electrons. The molecule has 0 fully saturated rings. The molecule has 0 radical (unpaired) electrons. The van der Waals surface area contributed by atoms with E-state index in [1.807, 2.05) is 40.9 Å². The molecule has 0 unspecified atom stereocenters. The summed E-state index contributed by atoms with van der Waals surface area (Å²) in [5, 5.41) is 4.45. The van der Waals surface area contributed by atoms with Crippen LogP contribution in [-0.2, 0) is 17.3 Å². The van der Waals surface area contributed by atoms with Crippen molar-refractivity contribution in [3.8, 4) is 11.3 Å². The van der Waals surface area contributed by atoms with E-state index >= 15 is 0 Å². The van der Waals surface area contributed by atoms with Gasteiger partial charge in [-0.3, -0.25) is 4.79 Å². The Labute approximate surface area is 190 Å². The lowest BCUT2D eigenvalue weighted by Crippen LogP contribution is -2.12. The number of carbonyl (C=O) groups is 1. The van der Waals surface area contributed by atoms with Crippen LogP contribution in [0.4, 0.5) is 0 Å². The van der Waals surface area contributed by atoms with E-state index in [0.29, 0.717) is 5.56 Å². The maximum absolute atomic E-state index is 13.0. The molecule has 4 aromatic rings. The Bertz CT molecular complexity index is 1250. The Kier molecular flexibility index (Phi) is 5.49. The largest absolute Gasteiger partial charge is 0.294 e. The highest BCUT2D eigenvalue weighted by molar-refractivity contribution is 5.97. The van der Waals surface area contributed by atoms with Gasteiger partial charge in [-0.2, -0.15) is 5.10 Å². The Morgan fingerprint density at radius 3 is 1.94 bits per heavy atom. The van der Waals surface area contributed by atoms with Gasteiger partial charge in [-0.05, 0) is 28.0 Å². The zero-order valence-electron chi connectivity index (χ0n) is 19.8. The fourth-order valence-corrected chi connectivity index (χ4v) is 3.82. The maximum Gasteiger partial charge on any atom is 0.168 e. The molecule has 0 N–H and O–H groups in total. The van der Waals surface area contributed by atoms with E-state index in [1.165, 1.54) is 11.1 Å². The van der Waals surface area contributed by atoms with Crippen molar-refractivity contribution in [2.24, 2.45) is 0 Å². The lowest BCUT2D eigenvalue weighted by molar-refractivity contribution is 0.0992. The first-order valence-corrected chi connectivity index (χ1v) is 11.1. The normalized spacial score (nSPS) is 12.3.